The Bertz CT molecular complexity index is 1010. The number of benzene rings is 1. The maximum atomic E-state index is 13.2. The van der Waals surface area contributed by atoms with E-state index in [1.165, 1.54) is 76.3 Å². The Hall–Kier alpha value is 0.340. The van der Waals surface area contributed by atoms with Crippen molar-refractivity contribution in [2.75, 3.05) is 6.54 Å². The first kappa shape index (κ1) is 47.7. The zero-order valence-corrected chi connectivity index (χ0v) is 33.5. The van der Waals surface area contributed by atoms with Gasteiger partial charge < -0.3 is 33.4 Å². The van der Waals surface area contributed by atoms with Crippen LogP contribution in [-0.2, 0) is 20.0 Å². The van der Waals surface area contributed by atoms with Gasteiger partial charge in [-0.1, -0.05) is 115 Å². The van der Waals surface area contributed by atoms with Gasteiger partial charge in [0.25, 0.3) is 16.3 Å². The van der Waals surface area contributed by atoms with Gasteiger partial charge in [0.05, 0.1) is 17.6 Å². The van der Waals surface area contributed by atoms with Gasteiger partial charge in [0.1, 0.15) is 0 Å². The summed E-state index contributed by atoms with van der Waals surface area (Å²) in [6.45, 7) is 2.12. The first-order chi connectivity index (χ1) is 19.1. The number of amides is 1. The summed E-state index contributed by atoms with van der Waals surface area (Å²) < 4.78 is 37.6. The minimum Gasteiger partial charge on any atom is -0.716 e. The van der Waals surface area contributed by atoms with E-state index in [1.54, 1.807) is 0 Å². The molecule has 0 saturated heterocycles. The van der Waals surface area contributed by atoms with Gasteiger partial charge in [0, 0.05) is 18.9 Å². The predicted octanol–water partition coefficient (Wildman–Crippen LogP) is -5.50. The average molecular weight is 652 g/mol. The molecule has 1 atom stereocenters. The molecule has 0 N–H and O–H groups in total. The number of rotatable bonds is 24. The van der Waals surface area contributed by atoms with E-state index in [1.807, 2.05) is 0 Å². The second-order valence-corrected chi connectivity index (χ2v) is 11.2. The number of nitrogens with zero attached hydrogens (tertiary/aromatic N) is 1. The monoisotopic (exact) mass is 651 g/mol. The number of unbranched alkanes of at least 4 members (excludes halogenated alkanes) is 15. The van der Waals surface area contributed by atoms with Gasteiger partial charge in [-0.25, -0.2) is 8.42 Å². The molecule has 0 aliphatic rings. The van der Waals surface area contributed by atoms with Crippen LogP contribution in [-0.4, -0.2) is 48.3 Å². The van der Waals surface area contributed by atoms with E-state index in [2.05, 4.69) is 11.1 Å². The number of carboxylic acid groups (broad SMARTS) is 2. The molecule has 0 radical (unpaired) electrons. The molecule has 0 aliphatic carbocycles. The third-order valence-corrected chi connectivity index (χ3v) is 7.21. The van der Waals surface area contributed by atoms with Crippen molar-refractivity contribution >= 4 is 28.2 Å². The molecule has 1 aromatic rings. The topological polar surface area (TPSA) is 167 Å². The van der Waals surface area contributed by atoms with Gasteiger partial charge in [0.15, 0.2) is 5.75 Å². The van der Waals surface area contributed by atoms with Crippen molar-refractivity contribution in [3.8, 4) is 5.75 Å². The summed E-state index contributed by atoms with van der Waals surface area (Å²) >= 11 is 0. The fourth-order valence-corrected chi connectivity index (χ4v) is 5.05. The number of hydrogen-bond donors (Lipinski definition) is 0. The van der Waals surface area contributed by atoms with Crippen LogP contribution < -0.4 is 103 Å². The van der Waals surface area contributed by atoms with Crippen LogP contribution in [0.3, 0.4) is 0 Å². The Morgan fingerprint density at radius 1 is 0.744 bits per heavy atom. The molecule has 1 unspecified atom stereocenters. The van der Waals surface area contributed by atoms with Crippen LogP contribution >= 0.6 is 0 Å². The Morgan fingerprint density at radius 3 is 1.56 bits per heavy atom. The van der Waals surface area contributed by atoms with Gasteiger partial charge >= 0.3 is 88.7 Å². The molecule has 0 saturated carbocycles. The molecule has 1 rings (SSSR count). The molecule has 228 valence electrons. The molecule has 1 amide bonds. The molecule has 0 spiro atoms. The van der Waals surface area contributed by atoms with Crippen LogP contribution in [0.4, 0.5) is 0 Å². The zero-order chi connectivity index (χ0) is 29.8. The fourth-order valence-electron chi connectivity index (χ4n) is 4.69. The van der Waals surface area contributed by atoms with Crippen LogP contribution in [0.25, 0.3) is 0 Å². The van der Waals surface area contributed by atoms with Gasteiger partial charge in [0.2, 0.25) is 0 Å². The maximum Gasteiger partial charge on any atom is 1.00 e. The largest absolute Gasteiger partial charge is 1.00 e. The Morgan fingerprint density at radius 2 is 1.16 bits per heavy atom. The summed E-state index contributed by atoms with van der Waals surface area (Å²) in [6, 6.07) is 3.09. The van der Waals surface area contributed by atoms with Crippen molar-refractivity contribution < 1.29 is 130 Å². The minimum atomic E-state index is -5.21. The maximum absolute atomic E-state index is 13.2. The molecule has 0 fully saturated rings. The van der Waals surface area contributed by atoms with Crippen LogP contribution in [0.1, 0.15) is 126 Å². The molecule has 0 bridgehead atoms. The molecular formula is C29H44NNa3O9S. The Labute approximate surface area is 324 Å². The molecule has 1 aromatic carbocycles. The first-order valence-electron chi connectivity index (χ1n) is 14.5. The summed E-state index contributed by atoms with van der Waals surface area (Å²) in [5, 5.41) is 22.9. The number of para-hydroxylation sites is 1. The van der Waals surface area contributed by atoms with E-state index in [-0.39, 0.29) is 101 Å². The van der Waals surface area contributed by atoms with Gasteiger partial charge in [-0.2, -0.15) is 0 Å². The van der Waals surface area contributed by atoms with E-state index in [0.717, 1.165) is 42.7 Å². The number of aliphatic carboxylic acids is 2. The van der Waals surface area contributed by atoms with E-state index < -0.39 is 46.5 Å². The van der Waals surface area contributed by atoms with Crippen molar-refractivity contribution in [1.29, 1.82) is 0 Å². The standard InChI is InChI=1S/C29H47NO9S.3Na/c1-2-3-4-5-6-7-8-9-10-11-12-13-14-15-16-19-22-30(25(29(34)35)23-27(31)32)28(33)24-20-17-18-21-26(24)39-40(36,37)38;;;/h17-18,20-21,25H,2-16,19,22-23H2,1H3,(H,31,32)(H,34,35)(H,36,37,38);;;/q;3*+1/p-3. The van der Waals surface area contributed by atoms with Crippen molar-refractivity contribution in [1.82, 2.24) is 4.90 Å². The Balaban J connectivity index is -0.00000533. The Kier molecular flexibility index (Phi) is 31.7. The number of carbonyl (C=O) groups excluding carboxylic acids is 3. The SMILES string of the molecule is CCCCCCCCCCCCCCCCCCN(C(=O)c1ccccc1OS(=O)(=O)[O-])C(CC(=O)[O-])C(=O)[O-].[Na+].[Na+].[Na+]. The van der Waals surface area contributed by atoms with E-state index >= 15 is 0 Å². The minimum absolute atomic E-state index is 0. The summed E-state index contributed by atoms with van der Waals surface area (Å²) in [5.74, 6) is -5.05. The molecule has 0 aliphatic heterocycles. The van der Waals surface area contributed by atoms with Gasteiger partial charge in [-0.3, -0.25) is 4.79 Å². The molecule has 10 nitrogen and oxygen atoms in total. The van der Waals surface area contributed by atoms with Crippen molar-refractivity contribution in [3.63, 3.8) is 0 Å². The predicted molar refractivity (Wildman–Crippen MR) is 146 cm³/mol. The second kappa shape index (κ2) is 28.6. The van der Waals surface area contributed by atoms with Crippen molar-refractivity contribution in [3.05, 3.63) is 29.8 Å². The smallest absolute Gasteiger partial charge is 0.716 e. The number of hydrogen-bond acceptors (Lipinski definition) is 9. The quantitative estimate of drug-likeness (QED) is 0.0459. The summed E-state index contributed by atoms with van der Waals surface area (Å²) in [7, 11) is -5.21. The third-order valence-electron chi connectivity index (χ3n) is 6.83. The van der Waals surface area contributed by atoms with E-state index in [4.69, 9.17) is 0 Å². The van der Waals surface area contributed by atoms with Crippen LogP contribution in [0.15, 0.2) is 24.3 Å². The first-order valence-corrected chi connectivity index (χ1v) is 15.9. The van der Waals surface area contributed by atoms with E-state index in [0.29, 0.717) is 12.8 Å². The summed E-state index contributed by atoms with van der Waals surface area (Å²) in [4.78, 5) is 36.9. The zero-order valence-electron chi connectivity index (χ0n) is 26.6. The van der Waals surface area contributed by atoms with Crippen LogP contribution in [0.2, 0.25) is 0 Å². The fraction of sp³-hybridized carbons (Fsp3) is 0.690. The normalized spacial score (nSPS) is 11.3. The van der Waals surface area contributed by atoms with Crippen LogP contribution in [0, 0.1) is 0 Å². The van der Waals surface area contributed by atoms with Crippen molar-refractivity contribution in [2.24, 2.45) is 0 Å². The average Bonchev–Trinajstić information content (AvgIpc) is 2.88. The second-order valence-electron chi connectivity index (χ2n) is 10.2. The van der Waals surface area contributed by atoms with Gasteiger partial charge in [-0.15, -0.1) is 0 Å². The molecule has 0 aromatic heterocycles. The summed E-state index contributed by atoms with van der Waals surface area (Å²) in [6.07, 6.45) is 17.1. The number of carbonyl (C=O) groups is 3. The van der Waals surface area contributed by atoms with Gasteiger partial charge in [-0.05, 0) is 18.6 Å². The molecular weight excluding hydrogens is 607 g/mol. The van der Waals surface area contributed by atoms with Crippen LogP contribution in [0.5, 0.6) is 5.75 Å². The van der Waals surface area contributed by atoms with Crippen molar-refractivity contribution in [2.45, 2.75) is 122 Å². The van der Waals surface area contributed by atoms with E-state index in [9.17, 15) is 37.6 Å². The molecule has 14 heteroatoms. The molecule has 0 heterocycles. The molecule has 43 heavy (non-hydrogen) atoms. The summed E-state index contributed by atoms with van der Waals surface area (Å²) in [5.41, 5.74) is -0.386. The third kappa shape index (κ3) is 23.3. The number of carboxylic acids is 2.